The van der Waals surface area contributed by atoms with Crippen LogP contribution in [-0.4, -0.2) is 57.1 Å². The zero-order chi connectivity index (χ0) is 27.0. The first-order chi connectivity index (χ1) is 17.6. The summed E-state index contributed by atoms with van der Waals surface area (Å²) in [6.45, 7) is 1.51. The summed E-state index contributed by atoms with van der Waals surface area (Å²) in [6.07, 6.45) is 6.55. The monoisotopic (exact) mass is 549 g/mol. The molecule has 2 aromatic rings. The smallest absolute Gasteiger partial charge is 0.244 e. The SMILES string of the molecule is CC[C@@H](C(=O)NC1CCCCC1)N(Cc1ccccc1)C(=O)CN(c1cc(Cl)ccc1OC)S(C)(=O)=O. The summed E-state index contributed by atoms with van der Waals surface area (Å²) >= 11 is 6.16. The molecule has 2 aromatic carbocycles. The maximum absolute atomic E-state index is 13.8. The Morgan fingerprint density at radius 1 is 1.11 bits per heavy atom. The Kier molecular flexibility index (Phi) is 10.2. The van der Waals surface area contributed by atoms with Crippen molar-refractivity contribution in [3.63, 3.8) is 0 Å². The van der Waals surface area contributed by atoms with Crippen molar-refractivity contribution in [2.75, 3.05) is 24.2 Å². The van der Waals surface area contributed by atoms with Crippen LogP contribution < -0.4 is 14.4 Å². The van der Waals surface area contributed by atoms with E-state index >= 15 is 0 Å². The fourth-order valence-corrected chi connectivity index (χ4v) is 5.71. The van der Waals surface area contributed by atoms with Crippen molar-refractivity contribution in [3.05, 3.63) is 59.1 Å². The van der Waals surface area contributed by atoms with Gasteiger partial charge in [-0.3, -0.25) is 13.9 Å². The summed E-state index contributed by atoms with van der Waals surface area (Å²) in [5, 5.41) is 3.43. The lowest BCUT2D eigenvalue weighted by Crippen LogP contribution is -2.54. The molecule has 2 amide bonds. The predicted molar refractivity (Wildman–Crippen MR) is 146 cm³/mol. The first-order valence-corrected chi connectivity index (χ1v) is 14.8. The molecular weight excluding hydrogens is 514 g/mol. The highest BCUT2D eigenvalue weighted by Gasteiger charge is 2.33. The Morgan fingerprint density at radius 3 is 2.38 bits per heavy atom. The van der Waals surface area contributed by atoms with E-state index in [1.165, 1.54) is 18.1 Å². The van der Waals surface area contributed by atoms with Crippen molar-refractivity contribution in [2.45, 2.75) is 64.1 Å². The molecule has 1 aliphatic rings. The van der Waals surface area contributed by atoms with Crippen molar-refractivity contribution in [3.8, 4) is 5.75 Å². The zero-order valence-electron chi connectivity index (χ0n) is 21.7. The van der Waals surface area contributed by atoms with Crippen LogP contribution in [-0.2, 0) is 26.2 Å². The molecule has 1 fully saturated rings. The van der Waals surface area contributed by atoms with E-state index in [9.17, 15) is 18.0 Å². The van der Waals surface area contributed by atoms with Crippen molar-refractivity contribution in [1.82, 2.24) is 10.2 Å². The Morgan fingerprint density at radius 2 is 1.78 bits per heavy atom. The molecule has 1 aliphatic carbocycles. The second kappa shape index (κ2) is 13.1. The van der Waals surface area contributed by atoms with E-state index in [4.69, 9.17) is 16.3 Å². The Bertz CT molecular complexity index is 1170. The maximum Gasteiger partial charge on any atom is 0.244 e. The van der Waals surface area contributed by atoms with Gasteiger partial charge in [0.25, 0.3) is 0 Å². The lowest BCUT2D eigenvalue weighted by atomic mass is 9.95. The molecular formula is C27H36ClN3O5S. The molecule has 0 aromatic heterocycles. The van der Waals surface area contributed by atoms with Crippen LogP contribution >= 0.6 is 11.6 Å². The summed E-state index contributed by atoms with van der Waals surface area (Å²) in [5.41, 5.74) is 0.997. The lowest BCUT2D eigenvalue weighted by Gasteiger charge is -2.34. The highest BCUT2D eigenvalue weighted by atomic mass is 35.5. The predicted octanol–water partition coefficient (Wildman–Crippen LogP) is 4.37. The molecule has 202 valence electrons. The summed E-state index contributed by atoms with van der Waals surface area (Å²) in [5.74, 6) is -0.453. The number of carbonyl (C=O) groups excluding carboxylic acids is 2. The first kappa shape index (κ1) is 28.8. The van der Waals surface area contributed by atoms with Gasteiger partial charge in [0.2, 0.25) is 21.8 Å². The zero-order valence-corrected chi connectivity index (χ0v) is 23.2. The van der Waals surface area contributed by atoms with E-state index in [-0.39, 0.29) is 29.9 Å². The second-order valence-electron chi connectivity index (χ2n) is 9.36. The number of sulfonamides is 1. The summed E-state index contributed by atoms with van der Waals surface area (Å²) in [7, 11) is -2.48. The summed E-state index contributed by atoms with van der Waals surface area (Å²) in [4.78, 5) is 28.7. The minimum absolute atomic E-state index is 0.0900. The third kappa shape index (κ3) is 7.85. The number of carbonyl (C=O) groups is 2. The van der Waals surface area contributed by atoms with E-state index in [0.717, 1.165) is 48.2 Å². The number of methoxy groups -OCH3 is 1. The minimum Gasteiger partial charge on any atom is -0.495 e. The van der Waals surface area contributed by atoms with Gasteiger partial charge < -0.3 is 15.0 Å². The number of hydrogen-bond acceptors (Lipinski definition) is 5. The van der Waals surface area contributed by atoms with Gasteiger partial charge in [0.1, 0.15) is 18.3 Å². The van der Waals surface area contributed by atoms with Gasteiger partial charge in [0.05, 0.1) is 19.1 Å². The second-order valence-corrected chi connectivity index (χ2v) is 11.7. The van der Waals surface area contributed by atoms with Gasteiger partial charge >= 0.3 is 0 Å². The van der Waals surface area contributed by atoms with Crippen LogP contribution in [0.2, 0.25) is 5.02 Å². The quantitative estimate of drug-likeness (QED) is 0.449. The van der Waals surface area contributed by atoms with Crippen molar-refractivity contribution < 1.29 is 22.7 Å². The van der Waals surface area contributed by atoms with Gasteiger partial charge in [-0.1, -0.05) is 68.1 Å². The van der Waals surface area contributed by atoms with Crippen molar-refractivity contribution in [1.29, 1.82) is 0 Å². The fourth-order valence-electron chi connectivity index (χ4n) is 4.70. The Balaban J connectivity index is 1.94. The number of nitrogens with one attached hydrogen (secondary N) is 1. The molecule has 10 heteroatoms. The van der Waals surface area contributed by atoms with E-state index in [1.54, 1.807) is 12.1 Å². The summed E-state index contributed by atoms with van der Waals surface area (Å²) in [6, 6.07) is 13.3. The fraction of sp³-hybridized carbons (Fsp3) is 0.481. The van der Waals surface area contributed by atoms with Gasteiger partial charge in [-0.05, 0) is 43.0 Å². The van der Waals surface area contributed by atoms with Crippen LogP contribution in [0, 0.1) is 0 Å². The molecule has 3 rings (SSSR count). The molecule has 1 saturated carbocycles. The van der Waals surface area contributed by atoms with Gasteiger partial charge in [-0.2, -0.15) is 0 Å². The molecule has 0 radical (unpaired) electrons. The summed E-state index contributed by atoms with van der Waals surface area (Å²) < 4.78 is 32.0. The molecule has 0 aliphatic heterocycles. The van der Waals surface area contributed by atoms with Crippen LogP contribution in [0.5, 0.6) is 5.75 Å². The number of halogens is 1. The largest absolute Gasteiger partial charge is 0.495 e. The van der Waals surface area contributed by atoms with Crippen LogP contribution in [0.15, 0.2) is 48.5 Å². The number of benzene rings is 2. The molecule has 1 N–H and O–H groups in total. The van der Waals surface area contributed by atoms with E-state index in [1.807, 2.05) is 37.3 Å². The number of rotatable bonds is 11. The number of anilines is 1. The van der Waals surface area contributed by atoms with E-state index in [0.29, 0.717) is 11.4 Å². The highest BCUT2D eigenvalue weighted by Crippen LogP contribution is 2.33. The van der Waals surface area contributed by atoms with Gasteiger partial charge in [0.15, 0.2) is 0 Å². The normalized spacial score (nSPS) is 15.0. The molecule has 0 spiro atoms. The van der Waals surface area contributed by atoms with Gasteiger partial charge in [-0.25, -0.2) is 8.42 Å². The van der Waals surface area contributed by atoms with E-state index < -0.39 is 28.5 Å². The molecule has 37 heavy (non-hydrogen) atoms. The number of nitrogens with zero attached hydrogens (tertiary/aromatic N) is 2. The topological polar surface area (TPSA) is 96.0 Å². The Labute approximate surface area is 225 Å². The van der Waals surface area contributed by atoms with Crippen LogP contribution in [0.1, 0.15) is 51.0 Å². The molecule has 8 nitrogen and oxygen atoms in total. The van der Waals surface area contributed by atoms with Crippen molar-refractivity contribution >= 4 is 39.1 Å². The average Bonchev–Trinajstić information content (AvgIpc) is 2.87. The average molecular weight is 550 g/mol. The molecule has 0 saturated heterocycles. The van der Waals surface area contributed by atoms with Crippen LogP contribution in [0.4, 0.5) is 5.69 Å². The third-order valence-electron chi connectivity index (χ3n) is 6.62. The molecule has 0 unspecified atom stereocenters. The van der Waals surface area contributed by atoms with Crippen LogP contribution in [0.3, 0.4) is 0 Å². The van der Waals surface area contributed by atoms with Gasteiger partial charge in [0, 0.05) is 17.6 Å². The highest BCUT2D eigenvalue weighted by molar-refractivity contribution is 7.92. The standard InChI is InChI=1S/C27H36ClN3O5S/c1-4-23(27(33)29-22-13-9-6-10-14-22)30(18-20-11-7-5-8-12-20)26(32)19-31(37(3,34)35)24-17-21(28)15-16-25(24)36-2/h5,7-8,11-12,15-17,22-23H,4,6,9-10,13-14,18-19H2,1-3H3,(H,29,33)/t23-/m0/s1. The number of hydrogen-bond donors (Lipinski definition) is 1. The molecule has 1 atom stereocenters. The maximum atomic E-state index is 13.8. The molecule has 0 heterocycles. The Hall–Kier alpha value is -2.78. The number of ether oxygens (including phenoxy) is 1. The van der Waals surface area contributed by atoms with E-state index in [2.05, 4.69) is 5.32 Å². The molecule has 0 bridgehead atoms. The van der Waals surface area contributed by atoms with Gasteiger partial charge in [-0.15, -0.1) is 0 Å². The third-order valence-corrected chi connectivity index (χ3v) is 7.98. The van der Waals surface area contributed by atoms with Crippen molar-refractivity contribution in [2.24, 2.45) is 0 Å². The number of amides is 2. The van der Waals surface area contributed by atoms with Crippen LogP contribution in [0.25, 0.3) is 0 Å². The minimum atomic E-state index is -3.90. The lowest BCUT2D eigenvalue weighted by molar-refractivity contribution is -0.140. The first-order valence-electron chi connectivity index (χ1n) is 12.6.